The summed E-state index contributed by atoms with van der Waals surface area (Å²) >= 11 is 5.91. The predicted molar refractivity (Wildman–Crippen MR) is 68.0 cm³/mol. The molecule has 0 aromatic heterocycles. The molecule has 6 nitrogen and oxygen atoms in total. The van der Waals surface area contributed by atoms with Crippen LogP contribution >= 0.6 is 11.6 Å². The van der Waals surface area contributed by atoms with E-state index in [9.17, 15) is 15.2 Å². The van der Waals surface area contributed by atoms with Gasteiger partial charge in [0.25, 0.3) is 6.20 Å². The van der Waals surface area contributed by atoms with Gasteiger partial charge < -0.3 is 15.7 Å². The summed E-state index contributed by atoms with van der Waals surface area (Å²) in [5.41, 5.74) is 0.496. The number of nitrogens with zero attached hydrogens (tertiary/aromatic N) is 1. The van der Waals surface area contributed by atoms with Gasteiger partial charge in [0, 0.05) is 12.1 Å². The monoisotopic (exact) mass is 269 g/mol. The maximum absolute atomic E-state index is 10.5. The van der Waals surface area contributed by atoms with E-state index in [0.29, 0.717) is 10.7 Å². The lowest BCUT2D eigenvalue weighted by Gasteiger charge is -2.12. The van der Waals surface area contributed by atoms with Crippen LogP contribution in [0.2, 0.25) is 5.02 Å². The second-order valence-corrected chi connectivity index (χ2v) is 4.44. The van der Waals surface area contributed by atoms with E-state index in [2.05, 4.69) is 10.6 Å². The summed E-state index contributed by atoms with van der Waals surface area (Å²) in [5, 5.41) is 25.9. The fraction of sp³-hybridized carbons (Fsp3) is 0.273. The molecule has 7 heteroatoms. The Morgan fingerprint density at radius 2 is 2.28 bits per heavy atom. The lowest BCUT2D eigenvalue weighted by Crippen LogP contribution is -2.22. The van der Waals surface area contributed by atoms with Crippen molar-refractivity contribution in [2.24, 2.45) is 0 Å². The smallest absolute Gasteiger partial charge is 0.274 e. The number of hydrogen-bond acceptors (Lipinski definition) is 5. The van der Waals surface area contributed by atoms with Crippen LogP contribution in [0.5, 0.6) is 5.75 Å². The SMILES string of the molecule is O=[N+]([O-])/C=C(/Nc1ccc(O)cc1Cl)NC1CC1. The van der Waals surface area contributed by atoms with Crippen molar-refractivity contribution in [3.63, 3.8) is 0 Å². The number of anilines is 1. The van der Waals surface area contributed by atoms with E-state index in [-0.39, 0.29) is 17.6 Å². The van der Waals surface area contributed by atoms with Crippen molar-refractivity contribution in [3.8, 4) is 5.75 Å². The molecule has 1 aromatic rings. The first-order valence-corrected chi connectivity index (χ1v) is 5.80. The first-order chi connectivity index (χ1) is 8.54. The summed E-state index contributed by atoms with van der Waals surface area (Å²) in [5.74, 6) is 0.329. The van der Waals surface area contributed by atoms with Crippen LogP contribution in [0, 0.1) is 10.1 Å². The summed E-state index contributed by atoms with van der Waals surface area (Å²) in [6.45, 7) is 0. The molecular weight excluding hydrogens is 258 g/mol. The highest BCUT2D eigenvalue weighted by Crippen LogP contribution is 2.27. The third-order valence-corrected chi connectivity index (χ3v) is 2.71. The number of rotatable bonds is 5. The highest BCUT2D eigenvalue weighted by atomic mass is 35.5. The van der Waals surface area contributed by atoms with E-state index in [1.54, 1.807) is 6.07 Å². The second kappa shape index (κ2) is 5.14. The van der Waals surface area contributed by atoms with E-state index in [4.69, 9.17) is 11.6 Å². The zero-order valence-corrected chi connectivity index (χ0v) is 10.1. The molecule has 2 rings (SSSR count). The van der Waals surface area contributed by atoms with Crippen LogP contribution in [0.25, 0.3) is 0 Å². The van der Waals surface area contributed by atoms with Crippen LogP contribution in [0.1, 0.15) is 12.8 Å². The lowest BCUT2D eigenvalue weighted by molar-refractivity contribution is -0.403. The summed E-state index contributed by atoms with van der Waals surface area (Å²) < 4.78 is 0. The van der Waals surface area contributed by atoms with Crippen LogP contribution in [0.3, 0.4) is 0 Å². The van der Waals surface area contributed by atoms with Gasteiger partial charge in [0.1, 0.15) is 5.75 Å². The average Bonchev–Trinajstić information content (AvgIpc) is 3.05. The molecule has 1 aliphatic rings. The molecule has 3 N–H and O–H groups in total. The minimum atomic E-state index is -0.536. The molecule has 1 aromatic carbocycles. The summed E-state index contributed by atoms with van der Waals surface area (Å²) in [7, 11) is 0. The topological polar surface area (TPSA) is 87.4 Å². The Labute approximate surface area is 108 Å². The Balaban J connectivity index is 2.14. The minimum Gasteiger partial charge on any atom is -0.508 e. The van der Waals surface area contributed by atoms with Crippen molar-refractivity contribution in [3.05, 3.63) is 45.4 Å². The van der Waals surface area contributed by atoms with Crippen molar-refractivity contribution in [1.82, 2.24) is 5.32 Å². The Morgan fingerprint density at radius 3 is 2.83 bits per heavy atom. The second-order valence-electron chi connectivity index (χ2n) is 4.04. The molecule has 0 radical (unpaired) electrons. The number of nitro groups is 1. The first kappa shape index (κ1) is 12.5. The molecule has 0 amide bonds. The van der Waals surface area contributed by atoms with Gasteiger partial charge in [-0.3, -0.25) is 10.1 Å². The standard InChI is InChI=1S/C11H12ClN3O3/c12-9-5-8(16)3-4-10(9)14-11(6-15(17)18)13-7-1-2-7/h3-7,13-14,16H,1-2H2/b11-6+. The average molecular weight is 270 g/mol. The van der Waals surface area contributed by atoms with Gasteiger partial charge in [-0.2, -0.15) is 0 Å². The van der Waals surface area contributed by atoms with Crippen LogP contribution < -0.4 is 10.6 Å². The van der Waals surface area contributed by atoms with Gasteiger partial charge in [0.2, 0.25) is 0 Å². The molecule has 0 heterocycles. The fourth-order valence-electron chi connectivity index (χ4n) is 1.41. The van der Waals surface area contributed by atoms with Gasteiger partial charge in [-0.15, -0.1) is 0 Å². The van der Waals surface area contributed by atoms with Crippen LogP contribution in [0.4, 0.5) is 5.69 Å². The van der Waals surface area contributed by atoms with Crippen molar-refractivity contribution < 1.29 is 10.0 Å². The van der Waals surface area contributed by atoms with Gasteiger partial charge >= 0.3 is 0 Å². The number of halogens is 1. The zero-order chi connectivity index (χ0) is 13.1. The van der Waals surface area contributed by atoms with Crippen LogP contribution in [-0.4, -0.2) is 16.1 Å². The molecule has 0 atom stereocenters. The van der Waals surface area contributed by atoms with Crippen LogP contribution in [-0.2, 0) is 0 Å². The molecule has 0 bridgehead atoms. The maximum Gasteiger partial charge on any atom is 0.274 e. The summed E-state index contributed by atoms with van der Waals surface area (Å²) in [6.07, 6.45) is 2.86. The molecule has 0 spiro atoms. The van der Waals surface area contributed by atoms with E-state index >= 15 is 0 Å². The maximum atomic E-state index is 10.5. The predicted octanol–water partition coefficient (Wildman–Crippen LogP) is 2.29. The minimum absolute atomic E-state index is 0.0421. The van der Waals surface area contributed by atoms with Crippen LogP contribution in [0.15, 0.2) is 30.2 Å². The fourth-order valence-corrected chi connectivity index (χ4v) is 1.63. The Bertz CT molecular complexity index is 500. The van der Waals surface area contributed by atoms with Crippen molar-refractivity contribution in [1.29, 1.82) is 0 Å². The lowest BCUT2D eigenvalue weighted by atomic mass is 10.3. The zero-order valence-electron chi connectivity index (χ0n) is 9.39. The van der Waals surface area contributed by atoms with Crippen molar-refractivity contribution in [2.45, 2.75) is 18.9 Å². The molecule has 1 aliphatic carbocycles. The summed E-state index contributed by atoms with van der Waals surface area (Å²) in [4.78, 5) is 9.98. The molecule has 1 fully saturated rings. The highest BCUT2D eigenvalue weighted by Gasteiger charge is 2.23. The van der Waals surface area contributed by atoms with Gasteiger partial charge in [-0.25, -0.2) is 0 Å². The molecule has 0 unspecified atom stereocenters. The van der Waals surface area contributed by atoms with Gasteiger partial charge in [0.15, 0.2) is 5.82 Å². The largest absolute Gasteiger partial charge is 0.508 e. The molecule has 0 aliphatic heterocycles. The highest BCUT2D eigenvalue weighted by molar-refractivity contribution is 6.33. The van der Waals surface area contributed by atoms with E-state index < -0.39 is 4.92 Å². The Kier molecular flexibility index (Phi) is 3.57. The Hall–Kier alpha value is -1.95. The van der Waals surface area contributed by atoms with Crippen molar-refractivity contribution >= 4 is 17.3 Å². The number of nitrogens with one attached hydrogen (secondary N) is 2. The third-order valence-electron chi connectivity index (χ3n) is 2.39. The molecule has 1 saturated carbocycles. The Morgan fingerprint density at radius 1 is 1.56 bits per heavy atom. The number of phenolic OH excluding ortho intramolecular Hbond substituents is 1. The molecule has 0 saturated heterocycles. The number of benzene rings is 1. The third kappa shape index (κ3) is 3.53. The molecule has 96 valence electrons. The normalized spacial score (nSPS) is 15.3. The van der Waals surface area contributed by atoms with Gasteiger partial charge in [0.05, 0.1) is 15.6 Å². The van der Waals surface area contributed by atoms with Gasteiger partial charge in [-0.05, 0) is 25.0 Å². The quantitative estimate of drug-likeness (QED) is 0.434. The number of phenols is 1. The number of aromatic hydroxyl groups is 1. The van der Waals surface area contributed by atoms with E-state index in [0.717, 1.165) is 19.0 Å². The summed E-state index contributed by atoms with van der Waals surface area (Å²) in [6, 6.07) is 4.65. The molecule has 18 heavy (non-hydrogen) atoms. The van der Waals surface area contributed by atoms with E-state index in [1.165, 1.54) is 12.1 Å². The molecular formula is C11H12ClN3O3. The van der Waals surface area contributed by atoms with Crippen molar-refractivity contribution in [2.75, 3.05) is 5.32 Å². The number of hydrogen-bond donors (Lipinski definition) is 3. The van der Waals surface area contributed by atoms with E-state index in [1.807, 2.05) is 0 Å². The first-order valence-electron chi connectivity index (χ1n) is 5.42. The van der Waals surface area contributed by atoms with Gasteiger partial charge in [-0.1, -0.05) is 11.6 Å².